The predicted octanol–water partition coefficient (Wildman–Crippen LogP) is 3.29. The van der Waals surface area contributed by atoms with Crippen molar-refractivity contribution in [1.29, 1.82) is 0 Å². The van der Waals surface area contributed by atoms with Gasteiger partial charge < -0.3 is 5.32 Å². The highest BCUT2D eigenvalue weighted by Crippen LogP contribution is 2.33. The summed E-state index contributed by atoms with van der Waals surface area (Å²) in [6, 6.07) is 11.0. The number of nitrogens with zero attached hydrogens (tertiary/aromatic N) is 3. The zero-order valence-corrected chi connectivity index (χ0v) is 12.7. The molecule has 4 heteroatoms. The van der Waals surface area contributed by atoms with Gasteiger partial charge in [0.15, 0.2) is 0 Å². The Morgan fingerprint density at radius 3 is 2.90 bits per heavy atom. The van der Waals surface area contributed by atoms with Crippen molar-refractivity contribution < 1.29 is 0 Å². The van der Waals surface area contributed by atoms with Crippen molar-refractivity contribution in [2.24, 2.45) is 0 Å². The van der Waals surface area contributed by atoms with Gasteiger partial charge in [0, 0.05) is 12.0 Å². The Balaban J connectivity index is 1.76. The summed E-state index contributed by atoms with van der Waals surface area (Å²) >= 11 is 0. The Bertz CT molecular complexity index is 549. The lowest BCUT2D eigenvalue weighted by Crippen LogP contribution is -2.34. The van der Waals surface area contributed by atoms with Gasteiger partial charge in [0.25, 0.3) is 0 Å². The summed E-state index contributed by atoms with van der Waals surface area (Å²) in [4.78, 5) is 0. The first kappa shape index (κ1) is 14.3. The molecule has 112 valence electrons. The van der Waals surface area contributed by atoms with E-state index in [9.17, 15) is 0 Å². The van der Waals surface area contributed by atoms with Crippen LogP contribution in [0.2, 0.25) is 0 Å². The van der Waals surface area contributed by atoms with Crippen molar-refractivity contribution in [2.45, 2.75) is 51.0 Å². The van der Waals surface area contributed by atoms with Gasteiger partial charge in [-0.25, -0.2) is 4.68 Å². The zero-order valence-electron chi connectivity index (χ0n) is 12.7. The van der Waals surface area contributed by atoms with Crippen molar-refractivity contribution in [1.82, 2.24) is 20.3 Å². The van der Waals surface area contributed by atoms with Crippen LogP contribution >= 0.6 is 0 Å². The van der Waals surface area contributed by atoms with Crippen LogP contribution in [0.4, 0.5) is 0 Å². The highest BCUT2D eigenvalue weighted by atomic mass is 15.4. The average Bonchev–Trinajstić information content (AvgIpc) is 3.04. The quantitative estimate of drug-likeness (QED) is 0.916. The lowest BCUT2D eigenvalue weighted by molar-refractivity contribution is 0.333. The van der Waals surface area contributed by atoms with Crippen molar-refractivity contribution >= 4 is 0 Å². The third kappa shape index (κ3) is 3.32. The molecule has 2 atom stereocenters. The second-order valence-electron chi connectivity index (χ2n) is 5.92. The van der Waals surface area contributed by atoms with E-state index in [-0.39, 0.29) is 0 Å². The molecule has 2 aromatic rings. The normalized spacial score (nSPS) is 22.3. The maximum absolute atomic E-state index is 4.30. The monoisotopic (exact) mass is 284 g/mol. The molecular formula is C17H24N4. The van der Waals surface area contributed by atoms with E-state index in [1.54, 1.807) is 0 Å². The summed E-state index contributed by atoms with van der Waals surface area (Å²) < 4.78 is 2.01. The van der Waals surface area contributed by atoms with E-state index >= 15 is 0 Å². The van der Waals surface area contributed by atoms with Crippen LogP contribution in [0.15, 0.2) is 36.5 Å². The number of para-hydroxylation sites is 1. The van der Waals surface area contributed by atoms with Crippen LogP contribution in [0.5, 0.6) is 0 Å². The van der Waals surface area contributed by atoms with E-state index in [1.165, 1.54) is 37.8 Å². The SMILES string of the molecule is CCCNC1CCCC(c2cnnn2-c2ccccc2)C1. The van der Waals surface area contributed by atoms with Crippen molar-refractivity contribution in [3.05, 3.63) is 42.2 Å². The number of rotatable bonds is 5. The molecule has 1 fully saturated rings. The molecule has 0 bridgehead atoms. The van der Waals surface area contributed by atoms with E-state index in [0.29, 0.717) is 12.0 Å². The molecule has 0 saturated heterocycles. The minimum Gasteiger partial charge on any atom is -0.314 e. The summed E-state index contributed by atoms with van der Waals surface area (Å²) in [5, 5.41) is 12.1. The first-order valence-corrected chi connectivity index (χ1v) is 8.08. The van der Waals surface area contributed by atoms with E-state index in [4.69, 9.17) is 0 Å². The molecule has 1 aliphatic carbocycles. The predicted molar refractivity (Wildman–Crippen MR) is 84.6 cm³/mol. The van der Waals surface area contributed by atoms with Crippen LogP contribution in [-0.2, 0) is 0 Å². The Morgan fingerprint density at radius 2 is 2.10 bits per heavy atom. The van der Waals surface area contributed by atoms with Gasteiger partial charge in [-0.15, -0.1) is 5.10 Å². The first-order chi connectivity index (χ1) is 10.4. The molecule has 1 saturated carbocycles. The molecule has 1 aliphatic rings. The summed E-state index contributed by atoms with van der Waals surface area (Å²) in [5.74, 6) is 0.559. The molecule has 1 aromatic heterocycles. The second-order valence-corrected chi connectivity index (χ2v) is 5.92. The highest BCUT2D eigenvalue weighted by molar-refractivity contribution is 5.32. The fraction of sp³-hybridized carbons (Fsp3) is 0.529. The lowest BCUT2D eigenvalue weighted by atomic mass is 9.83. The minimum atomic E-state index is 0.559. The Kier molecular flexibility index (Phi) is 4.65. The molecule has 1 N–H and O–H groups in total. The maximum atomic E-state index is 4.30. The molecule has 21 heavy (non-hydrogen) atoms. The van der Waals surface area contributed by atoms with Crippen LogP contribution in [0.3, 0.4) is 0 Å². The number of hydrogen-bond acceptors (Lipinski definition) is 3. The molecule has 1 heterocycles. The van der Waals surface area contributed by atoms with Crippen molar-refractivity contribution in [2.75, 3.05) is 6.54 Å². The minimum absolute atomic E-state index is 0.559. The molecule has 3 rings (SSSR count). The number of nitrogens with one attached hydrogen (secondary N) is 1. The van der Waals surface area contributed by atoms with E-state index < -0.39 is 0 Å². The third-order valence-electron chi connectivity index (χ3n) is 4.35. The summed E-state index contributed by atoms with van der Waals surface area (Å²) in [6.07, 6.45) is 8.16. The number of benzene rings is 1. The molecular weight excluding hydrogens is 260 g/mol. The maximum Gasteiger partial charge on any atom is 0.0732 e. The van der Waals surface area contributed by atoms with Gasteiger partial charge in [-0.1, -0.05) is 36.8 Å². The Labute approximate surface area is 126 Å². The van der Waals surface area contributed by atoms with E-state index in [2.05, 4.69) is 34.7 Å². The summed E-state index contributed by atoms with van der Waals surface area (Å²) in [5.41, 5.74) is 2.36. The molecule has 4 nitrogen and oxygen atoms in total. The largest absolute Gasteiger partial charge is 0.314 e. The molecule has 0 aliphatic heterocycles. The van der Waals surface area contributed by atoms with Gasteiger partial charge in [0.05, 0.1) is 17.6 Å². The molecule has 0 radical (unpaired) electrons. The number of aromatic nitrogens is 3. The van der Waals surface area contributed by atoms with Crippen LogP contribution in [0.25, 0.3) is 5.69 Å². The van der Waals surface area contributed by atoms with Crippen LogP contribution in [0, 0.1) is 0 Å². The Hall–Kier alpha value is -1.68. The third-order valence-corrected chi connectivity index (χ3v) is 4.35. The van der Waals surface area contributed by atoms with Gasteiger partial charge >= 0.3 is 0 Å². The van der Waals surface area contributed by atoms with Crippen LogP contribution in [0.1, 0.15) is 50.6 Å². The van der Waals surface area contributed by atoms with Gasteiger partial charge in [-0.3, -0.25) is 0 Å². The zero-order chi connectivity index (χ0) is 14.5. The van der Waals surface area contributed by atoms with Gasteiger partial charge in [0.2, 0.25) is 0 Å². The topological polar surface area (TPSA) is 42.7 Å². The van der Waals surface area contributed by atoms with Crippen LogP contribution < -0.4 is 5.32 Å². The fourth-order valence-corrected chi connectivity index (χ4v) is 3.28. The standard InChI is InChI=1S/C17H24N4/c1-2-11-18-15-8-6-7-14(12-15)17-13-19-20-21(17)16-9-4-3-5-10-16/h3-5,9-10,13-15,18H,2,6-8,11-12H2,1H3. The summed E-state index contributed by atoms with van der Waals surface area (Å²) in [6.45, 7) is 3.34. The van der Waals surface area contributed by atoms with Crippen molar-refractivity contribution in [3.63, 3.8) is 0 Å². The average molecular weight is 284 g/mol. The fourth-order valence-electron chi connectivity index (χ4n) is 3.28. The van der Waals surface area contributed by atoms with Gasteiger partial charge in [0.1, 0.15) is 0 Å². The first-order valence-electron chi connectivity index (χ1n) is 8.08. The lowest BCUT2D eigenvalue weighted by Gasteiger charge is -2.29. The Morgan fingerprint density at radius 1 is 1.24 bits per heavy atom. The van der Waals surface area contributed by atoms with Crippen LogP contribution in [-0.4, -0.2) is 27.6 Å². The number of hydrogen-bond donors (Lipinski definition) is 1. The highest BCUT2D eigenvalue weighted by Gasteiger charge is 2.25. The molecule has 2 unspecified atom stereocenters. The second kappa shape index (κ2) is 6.85. The molecule has 1 aromatic carbocycles. The van der Waals surface area contributed by atoms with E-state index in [0.717, 1.165) is 12.2 Å². The van der Waals surface area contributed by atoms with Gasteiger partial charge in [-0.2, -0.15) is 0 Å². The molecule has 0 spiro atoms. The summed E-state index contributed by atoms with van der Waals surface area (Å²) in [7, 11) is 0. The van der Waals surface area contributed by atoms with Gasteiger partial charge in [-0.05, 0) is 44.4 Å². The van der Waals surface area contributed by atoms with Crippen molar-refractivity contribution in [3.8, 4) is 5.69 Å². The van der Waals surface area contributed by atoms with E-state index in [1.807, 2.05) is 29.1 Å². The molecule has 0 amide bonds. The smallest absolute Gasteiger partial charge is 0.0732 e.